The van der Waals surface area contributed by atoms with E-state index in [2.05, 4.69) is 43.9 Å². The fourth-order valence-corrected chi connectivity index (χ4v) is 2.84. The molecular weight excluding hydrogens is 302 g/mol. The van der Waals surface area contributed by atoms with Gasteiger partial charge in [0.25, 0.3) is 0 Å². The highest BCUT2D eigenvalue weighted by molar-refractivity contribution is 5.89. The summed E-state index contributed by atoms with van der Waals surface area (Å²) in [4.78, 5) is 13.4. The summed E-state index contributed by atoms with van der Waals surface area (Å²) >= 11 is 0. The van der Waals surface area contributed by atoms with Gasteiger partial charge in [0, 0.05) is 36.3 Å². The van der Waals surface area contributed by atoms with Crippen LogP contribution in [-0.4, -0.2) is 39.6 Å². The van der Waals surface area contributed by atoms with E-state index in [0.29, 0.717) is 29.5 Å². The molecule has 0 spiro atoms. The molecule has 3 N–H and O–H groups in total. The van der Waals surface area contributed by atoms with Crippen molar-refractivity contribution < 1.29 is 0 Å². The fraction of sp³-hybridized carbons (Fsp3) is 0.529. The van der Waals surface area contributed by atoms with Crippen molar-refractivity contribution in [3.05, 3.63) is 18.0 Å². The topological polar surface area (TPSA) is 98.5 Å². The number of pyridine rings is 1. The molecule has 1 saturated heterocycles. The van der Waals surface area contributed by atoms with Crippen LogP contribution in [0.25, 0.3) is 10.9 Å². The van der Waals surface area contributed by atoms with Crippen molar-refractivity contribution in [2.75, 3.05) is 17.2 Å². The van der Waals surface area contributed by atoms with Crippen LogP contribution in [0.3, 0.4) is 0 Å². The van der Waals surface area contributed by atoms with Crippen molar-refractivity contribution in [1.29, 1.82) is 5.26 Å². The maximum absolute atomic E-state index is 9.15. The van der Waals surface area contributed by atoms with Gasteiger partial charge in [0.1, 0.15) is 17.3 Å². The Morgan fingerprint density at radius 2 is 2.17 bits per heavy atom. The lowest BCUT2D eigenvalue weighted by Crippen LogP contribution is -2.43. The molecule has 0 aliphatic carbocycles. The zero-order chi connectivity index (χ0) is 17.1. The SMILES string of the molecule is CC(C)Nc1nc(C#N)cc2cnc(N[C@H]3CC[C@H](C)NC3)nc12. The van der Waals surface area contributed by atoms with Crippen LogP contribution in [0.15, 0.2) is 12.3 Å². The van der Waals surface area contributed by atoms with Gasteiger partial charge in [0.15, 0.2) is 5.82 Å². The molecule has 0 unspecified atom stereocenters. The first-order chi connectivity index (χ1) is 11.5. The predicted molar refractivity (Wildman–Crippen MR) is 94.9 cm³/mol. The zero-order valence-corrected chi connectivity index (χ0v) is 14.3. The largest absolute Gasteiger partial charge is 0.366 e. The smallest absolute Gasteiger partial charge is 0.223 e. The summed E-state index contributed by atoms with van der Waals surface area (Å²) in [6.07, 6.45) is 3.98. The lowest BCUT2D eigenvalue weighted by molar-refractivity contribution is 0.398. The molecule has 7 heteroatoms. The number of anilines is 2. The Hall–Kier alpha value is -2.46. The van der Waals surface area contributed by atoms with Gasteiger partial charge >= 0.3 is 0 Å². The Balaban J connectivity index is 1.90. The van der Waals surface area contributed by atoms with Crippen molar-refractivity contribution in [3.8, 4) is 6.07 Å². The monoisotopic (exact) mass is 325 g/mol. The number of hydrogen-bond acceptors (Lipinski definition) is 7. The van der Waals surface area contributed by atoms with Crippen LogP contribution in [-0.2, 0) is 0 Å². The average molecular weight is 325 g/mol. The number of fused-ring (bicyclic) bond motifs is 1. The van der Waals surface area contributed by atoms with Gasteiger partial charge in [-0.3, -0.25) is 0 Å². The summed E-state index contributed by atoms with van der Waals surface area (Å²) in [6, 6.07) is 4.89. The van der Waals surface area contributed by atoms with Crippen LogP contribution in [0.4, 0.5) is 11.8 Å². The highest BCUT2D eigenvalue weighted by Crippen LogP contribution is 2.22. The standard InChI is InChI=1S/C17H23N7/c1-10(2)21-16-15-12(6-14(7-18)22-16)8-20-17(24-15)23-13-5-4-11(3)19-9-13/h6,8,10-11,13,19H,4-5,9H2,1-3H3,(H,21,22)(H,20,23,24)/t11-,13-/m0/s1. The van der Waals surface area contributed by atoms with Crippen molar-refractivity contribution in [3.63, 3.8) is 0 Å². The Bertz CT molecular complexity index is 757. The first-order valence-corrected chi connectivity index (χ1v) is 8.39. The van der Waals surface area contributed by atoms with Gasteiger partial charge in [0.05, 0.1) is 0 Å². The van der Waals surface area contributed by atoms with E-state index in [1.54, 1.807) is 12.3 Å². The Morgan fingerprint density at radius 3 is 2.83 bits per heavy atom. The molecule has 2 aromatic heterocycles. The fourth-order valence-electron chi connectivity index (χ4n) is 2.84. The summed E-state index contributed by atoms with van der Waals surface area (Å²) in [5.41, 5.74) is 1.10. The minimum absolute atomic E-state index is 0.199. The van der Waals surface area contributed by atoms with Crippen molar-refractivity contribution in [2.24, 2.45) is 0 Å². The molecule has 0 aromatic carbocycles. The summed E-state index contributed by atoms with van der Waals surface area (Å²) in [5.74, 6) is 1.22. The number of rotatable bonds is 4. The molecule has 3 heterocycles. The van der Waals surface area contributed by atoms with E-state index in [9.17, 15) is 0 Å². The van der Waals surface area contributed by atoms with Crippen molar-refractivity contribution in [2.45, 2.75) is 51.7 Å². The highest BCUT2D eigenvalue weighted by atomic mass is 15.1. The van der Waals surface area contributed by atoms with Gasteiger partial charge in [-0.2, -0.15) is 5.26 Å². The maximum atomic E-state index is 9.15. The van der Waals surface area contributed by atoms with Gasteiger partial charge in [-0.15, -0.1) is 0 Å². The number of nitrogens with one attached hydrogen (secondary N) is 3. The molecule has 7 nitrogen and oxygen atoms in total. The molecule has 24 heavy (non-hydrogen) atoms. The van der Waals surface area contributed by atoms with E-state index in [1.807, 2.05) is 13.8 Å². The molecule has 1 aliphatic heterocycles. The number of nitrogens with zero attached hydrogens (tertiary/aromatic N) is 4. The third kappa shape index (κ3) is 3.71. The minimum atomic E-state index is 0.199. The summed E-state index contributed by atoms with van der Waals surface area (Å²) in [6.45, 7) is 7.17. The molecule has 3 rings (SSSR count). The molecule has 126 valence electrons. The van der Waals surface area contributed by atoms with Gasteiger partial charge in [-0.1, -0.05) is 0 Å². The average Bonchev–Trinajstić information content (AvgIpc) is 2.56. The Kier molecular flexibility index (Phi) is 4.76. The van der Waals surface area contributed by atoms with Crippen molar-refractivity contribution in [1.82, 2.24) is 20.3 Å². The molecule has 2 aromatic rings. The van der Waals surface area contributed by atoms with E-state index in [0.717, 1.165) is 30.3 Å². The first-order valence-electron chi connectivity index (χ1n) is 8.39. The van der Waals surface area contributed by atoms with Gasteiger partial charge in [0.2, 0.25) is 5.95 Å². The summed E-state index contributed by atoms with van der Waals surface area (Å²) in [7, 11) is 0. The third-order valence-corrected chi connectivity index (χ3v) is 4.10. The van der Waals surface area contributed by atoms with E-state index in [4.69, 9.17) is 5.26 Å². The van der Waals surface area contributed by atoms with E-state index in [-0.39, 0.29) is 6.04 Å². The van der Waals surface area contributed by atoms with Crippen LogP contribution < -0.4 is 16.0 Å². The number of hydrogen-bond donors (Lipinski definition) is 3. The molecule has 0 saturated carbocycles. The first kappa shape index (κ1) is 16.4. The van der Waals surface area contributed by atoms with Crippen molar-refractivity contribution >= 4 is 22.7 Å². The van der Waals surface area contributed by atoms with E-state index < -0.39 is 0 Å². The normalized spacial score (nSPS) is 20.8. The lowest BCUT2D eigenvalue weighted by atomic mass is 10.0. The van der Waals surface area contributed by atoms with Crippen LogP contribution in [0.5, 0.6) is 0 Å². The summed E-state index contributed by atoms with van der Waals surface area (Å²) < 4.78 is 0. The second-order valence-electron chi connectivity index (χ2n) is 6.63. The minimum Gasteiger partial charge on any atom is -0.366 e. The molecule has 2 atom stereocenters. The van der Waals surface area contributed by atoms with Gasteiger partial charge in [-0.25, -0.2) is 15.0 Å². The lowest BCUT2D eigenvalue weighted by Gasteiger charge is -2.28. The number of piperidine rings is 1. The van der Waals surface area contributed by atoms with Crippen LogP contribution in [0.1, 0.15) is 39.3 Å². The third-order valence-electron chi connectivity index (χ3n) is 4.10. The molecular formula is C17H23N7. The predicted octanol–water partition coefficient (Wildman–Crippen LogP) is 2.27. The molecule has 1 fully saturated rings. The molecule has 0 bridgehead atoms. The second-order valence-corrected chi connectivity index (χ2v) is 6.63. The Morgan fingerprint density at radius 1 is 1.33 bits per heavy atom. The molecule has 0 radical (unpaired) electrons. The second kappa shape index (κ2) is 6.97. The molecule has 1 aliphatic rings. The zero-order valence-electron chi connectivity index (χ0n) is 14.3. The van der Waals surface area contributed by atoms with E-state index in [1.165, 1.54) is 0 Å². The van der Waals surface area contributed by atoms with Crippen LogP contribution in [0.2, 0.25) is 0 Å². The highest BCUT2D eigenvalue weighted by Gasteiger charge is 2.18. The quantitative estimate of drug-likeness (QED) is 0.793. The number of aromatic nitrogens is 3. The molecule has 0 amide bonds. The van der Waals surface area contributed by atoms with Crippen LogP contribution >= 0.6 is 0 Å². The summed E-state index contributed by atoms with van der Waals surface area (Å²) in [5, 5.41) is 20.1. The van der Waals surface area contributed by atoms with Crippen LogP contribution in [0, 0.1) is 11.3 Å². The maximum Gasteiger partial charge on any atom is 0.223 e. The Labute approximate surface area is 141 Å². The number of nitriles is 1. The van der Waals surface area contributed by atoms with Gasteiger partial charge < -0.3 is 16.0 Å². The van der Waals surface area contributed by atoms with Gasteiger partial charge in [-0.05, 0) is 39.7 Å². The van der Waals surface area contributed by atoms with E-state index >= 15 is 0 Å².